The van der Waals surface area contributed by atoms with Crippen LogP contribution >= 0.6 is 0 Å². The van der Waals surface area contributed by atoms with Gasteiger partial charge in [-0.15, -0.1) is 5.73 Å². The molecule has 15 heteroatoms. The SMILES string of the molecule is C=C=C(C)C[C@@H](C)CC[C@@H]1OC(CCC(=O)CC2O[C@H]3[C@@H](O[Si](c4ccccc4)(c4ccccc4)C(C)(C)C)[C@H]4O[C@@H](CC(=O)CC5[C@H](CC(OC)OC)O[C@H](C[C@H](C)COC(=O)c6ccccc6)[C@@H]5C)CC[C@@H]4O[C@H]3[C@H]2O[Si](c2ccccc2)(c2ccccc2)C(C)(C)C)CC1=C. The summed E-state index contributed by atoms with van der Waals surface area (Å²) in [5.74, 6) is 0.0972. The number of hydrogen-bond donors (Lipinski definition) is 0. The van der Waals surface area contributed by atoms with E-state index in [9.17, 15) is 4.79 Å². The molecular formula is C83H110O13Si2. The van der Waals surface area contributed by atoms with Gasteiger partial charge in [-0.1, -0.05) is 215 Å². The third-order valence-electron chi connectivity index (χ3n) is 21.7. The van der Waals surface area contributed by atoms with E-state index in [0.29, 0.717) is 50.0 Å². The Labute approximate surface area is 587 Å². The molecule has 16 atom stereocenters. The molecule has 0 saturated carbocycles. The Morgan fingerprint density at radius 1 is 0.582 bits per heavy atom. The molecule has 0 bridgehead atoms. The number of Topliss-reactive ketones (excluding diaryl/α,β-unsaturated/α-hetero) is 2. The number of ether oxygens (including phenoxy) is 8. The first-order chi connectivity index (χ1) is 47.0. The van der Waals surface area contributed by atoms with Gasteiger partial charge in [0.2, 0.25) is 0 Å². The highest BCUT2D eigenvalue weighted by molar-refractivity contribution is 7.00. The van der Waals surface area contributed by atoms with Crippen molar-refractivity contribution in [3.63, 3.8) is 0 Å². The second-order valence-electron chi connectivity index (χ2n) is 30.9. The smallest absolute Gasteiger partial charge is 0.338 e. The van der Waals surface area contributed by atoms with Crippen LogP contribution in [-0.4, -0.2) is 135 Å². The fourth-order valence-electron chi connectivity index (χ4n) is 16.6. The minimum absolute atomic E-state index is 0.00366. The van der Waals surface area contributed by atoms with Gasteiger partial charge in [0.15, 0.2) is 6.29 Å². The van der Waals surface area contributed by atoms with Gasteiger partial charge in [0, 0.05) is 46.3 Å². The Morgan fingerprint density at radius 2 is 1.11 bits per heavy atom. The molecule has 0 N–H and O–H groups in total. The molecular weight excluding hydrogens is 1260 g/mol. The Kier molecular flexibility index (Phi) is 25.5. The lowest BCUT2D eigenvalue weighted by Gasteiger charge is -2.53. The maximum Gasteiger partial charge on any atom is 0.338 e. The zero-order valence-corrected chi connectivity index (χ0v) is 62.4. The van der Waals surface area contributed by atoms with E-state index in [1.165, 1.54) is 5.57 Å². The molecule has 5 aliphatic rings. The van der Waals surface area contributed by atoms with Crippen LogP contribution in [0.2, 0.25) is 10.1 Å². The number of rotatable bonds is 31. The van der Waals surface area contributed by atoms with Crippen LogP contribution in [0.1, 0.15) is 163 Å². The predicted octanol–water partition coefficient (Wildman–Crippen LogP) is 14.2. The van der Waals surface area contributed by atoms with Crippen LogP contribution in [0.25, 0.3) is 0 Å². The number of ketones is 2. The van der Waals surface area contributed by atoms with Crippen molar-refractivity contribution in [3.8, 4) is 0 Å². The second-order valence-corrected chi connectivity index (χ2v) is 39.4. The van der Waals surface area contributed by atoms with Crippen molar-refractivity contribution in [1.82, 2.24) is 0 Å². The van der Waals surface area contributed by atoms with E-state index in [0.717, 1.165) is 52.0 Å². The Bertz CT molecular complexity index is 3360. The summed E-state index contributed by atoms with van der Waals surface area (Å²) in [6.07, 6.45) is 0.711. The van der Waals surface area contributed by atoms with Crippen molar-refractivity contribution in [3.05, 3.63) is 187 Å². The minimum Gasteiger partial charge on any atom is -0.462 e. The van der Waals surface area contributed by atoms with Gasteiger partial charge in [-0.25, -0.2) is 4.79 Å². The fourth-order valence-corrected chi connectivity index (χ4v) is 26.0. The highest BCUT2D eigenvalue weighted by atomic mass is 28.4. The normalized spacial score (nSPS) is 27.2. The van der Waals surface area contributed by atoms with Gasteiger partial charge < -0.3 is 46.7 Å². The van der Waals surface area contributed by atoms with E-state index in [4.69, 9.17) is 46.7 Å². The predicted molar refractivity (Wildman–Crippen MR) is 391 cm³/mol. The quantitative estimate of drug-likeness (QED) is 0.0137. The first-order valence-electron chi connectivity index (χ1n) is 36.2. The van der Waals surface area contributed by atoms with Crippen molar-refractivity contribution < 1.29 is 61.1 Å². The molecule has 0 spiro atoms. The molecule has 5 heterocycles. The maximum absolute atomic E-state index is 15.2. The lowest BCUT2D eigenvalue weighted by Crippen LogP contribution is -2.73. The summed E-state index contributed by atoms with van der Waals surface area (Å²) in [7, 11) is -3.54. The number of carbonyl (C=O) groups is 3. The molecule has 0 amide bonds. The van der Waals surface area contributed by atoms with Gasteiger partial charge in [0.05, 0.1) is 54.9 Å². The van der Waals surface area contributed by atoms with E-state index < -0.39 is 81.8 Å². The Morgan fingerprint density at radius 3 is 1.64 bits per heavy atom. The van der Waals surface area contributed by atoms with Gasteiger partial charge >= 0.3 is 5.97 Å². The number of methoxy groups -OCH3 is 2. The topological polar surface area (TPSA) is 144 Å². The summed E-state index contributed by atoms with van der Waals surface area (Å²) in [4.78, 5) is 43.2. The molecule has 5 fully saturated rings. The van der Waals surface area contributed by atoms with E-state index in [1.54, 1.807) is 26.4 Å². The average Bonchev–Trinajstić information content (AvgIpc) is 1.34. The molecule has 98 heavy (non-hydrogen) atoms. The molecule has 13 nitrogen and oxygen atoms in total. The van der Waals surface area contributed by atoms with Crippen LogP contribution in [-0.2, 0) is 56.3 Å². The molecule has 5 aliphatic heterocycles. The largest absolute Gasteiger partial charge is 0.462 e. The summed E-state index contributed by atoms with van der Waals surface area (Å²) < 4.78 is 70.4. The van der Waals surface area contributed by atoms with Crippen molar-refractivity contribution in [2.45, 2.75) is 242 Å². The molecule has 10 rings (SSSR count). The van der Waals surface area contributed by atoms with Crippen LogP contribution in [0.15, 0.2) is 182 Å². The molecule has 528 valence electrons. The molecule has 5 aromatic rings. The molecule has 5 aromatic carbocycles. The lowest BCUT2D eigenvalue weighted by molar-refractivity contribution is -0.254. The highest BCUT2D eigenvalue weighted by Gasteiger charge is 2.65. The van der Waals surface area contributed by atoms with Gasteiger partial charge in [-0.05, 0) is 136 Å². The van der Waals surface area contributed by atoms with Gasteiger partial charge in [-0.2, -0.15) is 0 Å². The van der Waals surface area contributed by atoms with E-state index in [1.807, 2.05) is 18.2 Å². The first kappa shape index (κ1) is 74.9. The number of esters is 1. The first-order valence-corrected chi connectivity index (χ1v) is 40.0. The van der Waals surface area contributed by atoms with Crippen molar-refractivity contribution in [1.29, 1.82) is 0 Å². The van der Waals surface area contributed by atoms with E-state index in [2.05, 4.69) is 209 Å². The second kappa shape index (κ2) is 33.4. The van der Waals surface area contributed by atoms with Gasteiger partial charge in [-0.3, -0.25) is 9.59 Å². The fraction of sp³-hybridized carbons (Fsp3) is 0.542. The monoisotopic (exact) mass is 1370 g/mol. The van der Waals surface area contributed by atoms with Crippen LogP contribution in [0.4, 0.5) is 0 Å². The summed E-state index contributed by atoms with van der Waals surface area (Å²) in [5, 5.41) is 3.56. The standard InChI is InChI=1S/C83H110O13Si2/c1-15-55(2)47-56(3)41-45-70-58(5)49-63(90-70)43-42-61(84)52-74-77(95-97(82(7,8)9,65-33-23-17-24-34-65)66-35-25-18-26-36-66)78-79(94-74)80(96-98(83(10,11)12,67-37-27-19-28-38-67)68-39-29-20-30-40-68)76-71(93-78)46-44-64(91-76)50-62(85)51-69-59(6)72(92-73(69)53-75(87-13)88-14)48-57(4)54-89-81(86)60-31-21-16-22-32-60/h16-40,56-57,59,63-64,69-80H,1,5,41-54H2,2-4,6-14H3/t56-,57-,59+,63?,64+,69?,70-,71-,72+,73-,74?,76-,77-,78-,79+,80-/m0/s1. The molecule has 5 saturated heterocycles. The van der Waals surface area contributed by atoms with E-state index >= 15 is 9.59 Å². The number of benzene rings is 5. The third kappa shape index (κ3) is 17.2. The zero-order chi connectivity index (χ0) is 69.9. The Balaban J connectivity index is 0.975. The number of carbonyl (C=O) groups excluding carboxylic acids is 3. The van der Waals surface area contributed by atoms with E-state index in [-0.39, 0.29) is 85.6 Å². The van der Waals surface area contributed by atoms with Crippen LogP contribution < -0.4 is 20.7 Å². The third-order valence-corrected chi connectivity index (χ3v) is 31.8. The molecule has 0 aliphatic carbocycles. The highest BCUT2D eigenvalue weighted by Crippen LogP contribution is 2.49. The summed E-state index contributed by atoms with van der Waals surface area (Å²) in [6, 6.07) is 51.6. The van der Waals surface area contributed by atoms with Crippen LogP contribution in [0, 0.1) is 23.7 Å². The number of allylic oxidation sites excluding steroid dienone is 1. The van der Waals surface area contributed by atoms with Crippen molar-refractivity contribution >= 4 is 54.9 Å². The van der Waals surface area contributed by atoms with Crippen LogP contribution in [0.5, 0.6) is 0 Å². The molecule has 3 unspecified atom stereocenters. The Hall–Kier alpha value is -5.76. The molecule has 0 radical (unpaired) electrons. The van der Waals surface area contributed by atoms with Gasteiger partial charge in [0.1, 0.15) is 42.1 Å². The summed E-state index contributed by atoms with van der Waals surface area (Å²) in [6.45, 7) is 30.8. The average molecular weight is 1370 g/mol. The lowest BCUT2D eigenvalue weighted by atomic mass is 9.80. The maximum atomic E-state index is 15.2. The van der Waals surface area contributed by atoms with Crippen molar-refractivity contribution in [2.24, 2.45) is 23.7 Å². The summed E-state index contributed by atoms with van der Waals surface area (Å²) >= 11 is 0. The zero-order valence-electron chi connectivity index (χ0n) is 60.4. The summed E-state index contributed by atoms with van der Waals surface area (Å²) in [5.41, 5.74) is 5.81. The number of hydrogen-bond acceptors (Lipinski definition) is 13. The minimum atomic E-state index is -3.42. The number of fused-ring (bicyclic) bond motifs is 2. The van der Waals surface area contributed by atoms with Crippen LogP contribution in [0.3, 0.4) is 0 Å². The van der Waals surface area contributed by atoms with Crippen molar-refractivity contribution in [2.75, 3.05) is 20.8 Å². The molecule has 0 aromatic heterocycles. The van der Waals surface area contributed by atoms with Gasteiger partial charge in [0.25, 0.3) is 16.6 Å².